The zero-order valence-electron chi connectivity index (χ0n) is 11.1. The molecule has 2 aliphatic rings. The first-order valence-corrected chi connectivity index (χ1v) is 7.34. The van der Waals surface area contributed by atoms with E-state index in [0.717, 1.165) is 12.8 Å². The van der Waals surface area contributed by atoms with Gasteiger partial charge in [0.05, 0.1) is 6.61 Å². The molecule has 0 aromatic heterocycles. The molecule has 0 aromatic rings. The van der Waals surface area contributed by atoms with Crippen LogP contribution in [0.1, 0.15) is 12.8 Å². The highest BCUT2D eigenvalue weighted by atomic mass is 35.5. The monoisotopic (exact) mass is 308 g/mol. The summed E-state index contributed by atoms with van der Waals surface area (Å²) in [7, 11) is 0. The van der Waals surface area contributed by atoms with Gasteiger partial charge in [-0.3, -0.25) is 4.90 Å². The molecule has 20 heavy (non-hydrogen) atoms. The average Bonchev–Trinajstić information content (AvgIpc) is 3.24. The quantitative estimate of drug-likeness (QED) is 0.492. The molecule has 2 rings (SSSR count). The highest BCUT2D eigenvalue weighted by Crippen LogP contribution is 2.31. The molecule has 0 bridgehead atoms. The van der Waals surface area contributed by atoms with E-state index in [9.17, 15) is 20.1 Å². The van der Waals surface area contributed by atoms with Crippen molar-refractivity contribution >= 4 is 17.6 Å². The molecule has 1 saturated heterocycles. The Morgan fingerprint density at radius 1 is 1.30 bits per heavy atom. The summed E-state index contributed by atoms with van der Waals surface area (Å²) in [4.78, 5) is 13.5. The fraction of sp³-hybridized carbons (Fsp3) is 0.917. The summed E-state index contributed by atoms with van der Waals surface area (Å²) in [6.07, 6.45) is -2.68. The predicted molar refractivity (Wildman–Crippen MR) is 71.3 cm³/mol. The SMILES string of the molecule is O=C(NCCCl)N(CC1CC1)C1OC[C@@H](O)[C@H](O)[C@H]1O. The predicted octanol–water partition coefficient (Wildman–Crippen LogP) is -0.914. The number of urea groups is 1. The number of amides is 2. The largest absolute Gasteiger partial charge is 0.388 e. The van der Waals surface area contributed by atoms with Crippen molar-refractivity contribution in [3.63, 3.8) is 0 Å². The molecule has 1 aliphatic heterocycles. The zero-order valence-corrected chi connectivity index (χ0v) is 11.9. The van der Waals surface area contributed by atoms with Gasteiger partial charge in [-0.05, 0) is 18.8 Å². The van der Waals surface area contributed by atoms with Gasteiger partial charge in [-0.25, -0.2) is 4.79 Å². The number of aliphatic hydroxyl groups is 3. The van der Waals surface area contributed by atoms with E-state index < -0.39 is 24.5 Å². The van der Waals surface area contributed by atoms with Gasteiger partial charge in [0, 0.05) is 19.0 Å². The molecular formula is C12H21ClN2O5. The van der Waals surface area contributed by atoms with Gasteiger partial charge in [0.1, 0.15) is 18.3 Å². The molecule has 116 valence electrons. The number of carbonyl (C=O) groups excluding carboxylic acids is 1. The third-order valence-electron chi connectivity index (χ3n) is 3.56. The second-order valence-corrected chi connectivity index (χ2v) is 5.67. The topological polar surface area (TPSA) is 102 Å². The van der Waals surface area contributed by atoms with Crippen LogP contribution in [0.5, 0.6) is 0 Å². The van der Waals surface area contributed by atoms with E-state index in [0.29, 0.717) is 24.9 Å². The van der Waals surface area contributed by atoms with Gasteiger partial charge in [0.25, 0.3) is 0 Å². The Balaban J connectivity index is 2.02. The number of carbonyl (C=O) groups is 1. The first-order valence-electron chi connectivity index (χ1n) is 6.80. The summed E-state index contributed by atoms with van der Waals surface area (Å²) in [6.45, 7) is 0.654. The number of hydrogen-bond donors (Lipinski definition) is 4. The number of halogens is 1. The minimum absolute atomic E-state index is 0.118. The molecule has 2 amide bonds. The summed E-state index contributed by atoms with van der Waals surface area (Å²) in [5, 5.41) is 31.8. The molecule has 0 aromatic carbocycles. The Morgan fingerprint density at radius 2 is 2.00 bits per heavy atom. The maximum Gasteiger partial charge on any atom is 0.319 e. The van der Waals surface area contributed by atoms with Crippen LogP contribution < -0.4 is 5.32 Å². The van der Waals surface area contributed by atoms with Crippen molar-refractivity contribution in [3.05, 3.63) is 0 Å². The normalized spacial score (nSPS) is 33.8. The fourth-order valence-electron chi connectivity index (χ4n) is 2.20. The van der Waals surface area contributed by atoms with Gasteiger partial charge in [0.15, 0.2) is 6.23 Å². The lowest BCUT2D eigenvalue weighted by Crippen LogP contribution is -2.62. The van der Waals surface area contributed by atoms with Crippen molar-refractivity contribution in [2.24, 2.45) is 5.92 Å². The number of nitrogens with one attached hydrogen (secondary N) is 1. The average molecular weight is 309 g/mol. The molecule has 1 heterocycles. The molecule has 4 atom stereocenters. The van der Waals surface area contributed by atoms with Crippen molar-refractivity contribution in [1.29, 1.82) is 0 Å². The van der Waals surface area contributed by atoms with Gasteiger partial charge in [0.2, 0.25) is 0 Å². The highest BCUT2D eigenvalue weighted by molar-refractivity contribution is 6.18. The van der Waals surface area contributed by atoms with Gasteiger partial charge in [-0.2, -0.15) is 0 Å². The molecule has 0 spiro atoms. The molecule has 1 aliphatic carbocycles. The van der Waals surface area contributed by atoms with Crippen LogP contribution in [0.4, 0.5) is 4.79 Å². The molecule has 4 N–H and O–H groups in total. The molecule has 7 nitrogen and oxygen atoms in total. The van der Waals surface area contributed by atoms with Crippen molar-refractivity contribution in [1.82, 2.24) is 10.2 Å². The number of aliphatic hydroxyl groups excluding tert-OH is 3. The van der Waals surface area contributed by atoms with Crippen molar-refractivity contribution in [3.8, 4) is 0 Å². The summed E-state index contributed by atoms with van der Waals surface area (Å²) in [5.74, 6) is 0.690. The van der Waals surface area contributed by atoms with Crippen LogP contribution in [-0.4, -0.2) is 76.4 Å². The minimum atomic E-state index is -1.33. The maximum atomic E-state index is 12.1. The molecule has 1 saturated carbocycles. The second-order valence-electron chi connectivity index (χ2n) is 5.29. The van der Waals surface area contributed by atoms with Crippen LogP contribution in [0, 0.1) is 5.92 Å². The molecule has 0 radical (unpaired) electrons. The van der Waals surface area contributed by atoms with Crippen LogP contribution in [0.3, 0.4) is 0 Å². The molecule has 1 unspecified atom stereocenters. The number of ether oxygens (including phenoxy) is 1. The fourth-order valence-corrected chi connectivity index (χ4v) is 2.30. The lowest BCUT2D eigenvalue weighted by atomic mass is 10.0. The molecule has 2 fully saturated rings. The van der Waals surface area contributed by atoms with E-state index >= 15 is 0 Å². The van der Waals surface area contributed by atoms with Crippen molar-refractivity contribution in [2.45, 2.75) is 37.4 Å². The van der Waals surface area contributed by atoms with E-state index in [4.69, 9.17) is 16.3 Å². The van der Waals surface area contributed by atoms with E-state index in [1.165, 1.54) is 4.90 Å². The Bertz CT molecular complexity index is 342. The van der Waals surface area contributed by atoms with Crippen LogP contribution in [0.15, 0.2) is 0 Å². The minimum Gasteiger partial charge on any atom is -0.388 e. The number of rotatable bonds is 5. The summed E-state index contributed by atoms with van der Waals surface area (Å²) >= 11 is 5.54. The Labute approximate surface area is 122 Å². The number of hydrogen-bond acceptors (Lipinski definition) is 5. The van der Waals surface area contributed by atoms with E-state index in [1.54, 1.807) is 0 Å². The standard InChI is InChI=1S/C12H21ClN2O5/c13-3-4-14-12(19)15(5-7-1-2-7)11-10(18)9(17)8(16)6-20-11/h7-11,16-18H,1-6H2,(H,14,19)/t8-,9+,10-,11?/m1/s1. The van der Waals surface area contributed by atoms with Crippen LogP contribution in [-0.2, 0) is 4.74 Å². The highest BCUT2D eigenvalue weighted by Gasteiger charge is 2.43. The summed E-state index contributed by atoms with van der Waals surface area (Å²) in [5.41, 5.74) is 0. The molecular weight excluding hydrogens is 288 g/mol. The Hall–Kier alpha value is -0.600. The second kappa shape index (κ2) is 6.91. The van der Waals surface area contributed by atoms with Crippen LogP contribution >= 0.6 is 11.6 Å². The first-order chi connectivity index (χ1) is 9.54. The van der Waals surface area contributed by atoms with Crippen LogP contribution in [0.25, 0.3) is 0 Å². The summed E-state index contributed by atoms with van der Waals surface area (Å²) in [6, 6.07) is -0.384. The lowest BCUT2D eigenvalue weighted by Gasteiger charge is -2.41. The Morgan fingerprint density at radius 3 is 2.60 bits per heavy atom. The third-order valence-corrected chi connectivity index (χ3v) is 3.75. The van der Waals surface area contributed by atoms with E-state index in [-0.39, 0.29) is 12.6 Å². The van der Waals surface area contributed by atoms with Crippen LogP contribution in [0.2, 0.25) is 0 Å². The van der Waals surface area contributed by atoms with Gasteiger partial charge < -0.3 is 25.4 Å². The molecule has 8 heteroatoms. The number of alkyl halides is 1. The van der Waals surface area contributed by atoms with Gasteiger partial charge >= 0.3 is 6.03 Å². The third kappa shape index (κ3) is 3.73. The van der Waals surface area contributed by atoms with Crippen molar-refractivity contribution in [2.75, 3.05) is 25.6 Å². The first kappa shape index (κ1) is 15.8. The zero-order chi connectivity index (χ0) is 14.7. The van der Waals surface area contributed by atoms with E-state index in [2.05, 4.69) is 5.32 Å². The van der Waals surface area contributed by atoms with E-state index in [1.807, 2.05) is 0 Å². The Kier molecular flexibility index (Phi) is 5.45. The number of nitrogens with zero attached hydrogens (tertiary/aromatic N) is 1. The summed E-state index contributed by atoms with van der Waals surface area (Å²) < 4.78 is 5.34. The van der Waals surface area contributed by atoms with Crippen molar-refractivity contribution < 1.29 is 24.9 Å². The van der Waals surface area contributed by atoms with Gasteiger partial charge in [-0.15, -0.1) is 11.6 Å². The maximum absolute atomic E-state index is 12.1. The van der Waals surface area contributed by atoms with Gasteiger partial charge in [-0.1, -0.05) is 0 Å². The lowest BCUT2D eigenvalue weighted by molar-refractivity contribution is -0.219. The smallest absolute Gasteiger partial charge is 0.319 e.